The van der Waals surface area contributed by atoms with Crippen LogP contribution >= 0.6 is 11.6 Å². The third-order valence-corrected chi connectivity index (χ3v) is 5.09. The van der Waals surface area contributed by atoms with E-state index < -0.39 is 0 Å². The van der Waals surface area contributed by atoms with Crippen molar-refractivity contribution in [1.82, 2.24) is 0 Å². The molecule has 4 nitrogen and oxygen atoms in total. The Bertz CT molecular complexity index is 791. The van der Waals surface area contributed by atoms with E-state index >= 15 is 0 Å². The predicted octanol–water partition coefficient (Wildman–Crippen LogP) is 4.44. The van der Waals surface area contributed by atoms with Crippen LogP contribution in [-0.4, -0.2) is 25.6 Å². The van der Waals surface area contributed by atoms with E-state index in [0.717, 1.165) is 12.0 Å². The molecule has 0 aromatic heterocycles. The minimum absolute atomic E-state index is 0.0309. The molecule has 0 radical (unpaired) electrons. The Kier molecular flexibility index (Phi) is 5.19. The molecule has 0 saturated carbocycles. The van der Waals surface area contributed by atoms with Crippen LogP contribution in [0.3, 0.4) is 0 Å². The van der Waals surface area contributed by atoms with E-state index in [0.29, 0.717) is 35.5 Å². The lowest BCUT2D eigenvalue weighted by Gasteiger charge is -2.24. The zero-order valence-electron chi connectivity index (χ0n) is 14.8. The Hall–Kier alpha value is -2.20. The molecule has 3 rings (SSSR count). The molecule has 0 fully saturated rings. The molecule has 2 aromatic rings. The highest BCUT2D eigenvalue weighted by Crippen LogP contribution is 2.33. The lowest BCUT2D eigenvalue weighted by atomic mass is 10.1. The second-order valence-corrected chi connectivity index (χ2v) is 6.88. The first-order valence-electron chi connectivity index (χ1n) is 8.48. The van der Waals surface area contributed by atoms with E-state index in [1.54, 1.807) is 13.2 Å². The number of carbonyl (C=O) groups is 1. The fourth-order valence-corrected chi connectivity index (χ4v) is 3.49. The van der Waals surface area contributed by atoms with E-state index in [9.17, 15) is 4.79 Å². The Labute approximate surface area is 153 Å². The molecule has 0 aliphatic carbocycles. The van der Waals surface area contributed by atoms with Crippen molar-refractivity contribution in [1.29, 1.82) is 0 Å². The number of para-hydroxylation sites is 1. The molecule has 1 heterocycles. The highest BCUT2D eigenvalue weighted by molar-refractivity contribution is 6.31. The van der Waals surface area contributed by atoms with E-state index in [2.05, 4.69) is 35.3 Å². The number of benzene rings is 2. The number of rotatable bonds is 5. The van der Waals surface area contributed by atoms with Crippen molar-refractivity contribution < 1.29 is 9.53 Å². The standard InChI is InChI=1S/C20H23ClN2O2/c1-13-10-17(19(25-3)12-16(13)21)22-20(24)8-9-23-14(2)11-15-6-4-5-7-18(15)23/h4-7,10,12,14H,8-9,11H2,1-3H3,(H,22,24). The summed E-state index contributed by atoms with van der Waals surface area (Å²) in [4.78, 5) is 14.7. The minimum Gasteiger partial charge on any atom is -0.495 e. The van der Waals surface area contributed by atoms with E-state index in [1.165, 1.54) is 11.3 Å². The van der Waals surface area contributed by atoms with Gasteiger partial charge in [-0.05, 0) is 43.5 Å². The highest BCUT2D eigenvalue weighted by atomic mass is 35.5. The molecule has 132 valence electrons. The number of hydrogen-bond donors (Lipinski definition) is 1. The third kappa shape index (κ3) is 3.74. The van der Waals surface area contributed by atoms with E-state index in [4.69, 9.17) is 16.3 Å². The second-order valence-electron chi connectivity index (χ2n) is 6.48. The Morgan fingerprint density at radius 3 is 2.88 bits per heavy atom. The van der Waals surface area contributed by atoms with Gasteiger partial charge >= 0.3 is 0 Å². The summed E-state index contributed by atoms with van der Waals surface area (Å²) in [6, 6.07) is 12.4. The van der Waals surface area contributed by atoms with Crippen LogP contribution in [0, 0.1) is 6.92 Å². The first-order chi connectivity index (χ1) is 12.0. The summed E-state index contributed by atoms with van der Waals surface area (Å²) >= 11 is 6.11. The minimum atomic E-state index is -0.0309. The lowest BCUT2D eigenvalue weighted by Crippen LogP contribution is -2.32. The summed E-state index contributed by atoms with van der Waals surface area (Å²) in [5, 5.41) is 3.57. The number of hydrogen-bond acceptors (Lipinski definition) is 3. The molecule has 25 heavy (non-hydrogen) atoms. The molecule has 2 aromatic carbocycles. The number of anilines is 2. The smallest absolute Gasteiger partial charge is 0.226 e. The molecule has 1 amide bonds. The van der Waals surface area contributed by atoms with Crippen LogP contribution in [0.1, 0.15) is 24.5 Å². The molecule has 1 N–H and O–H groups in total. The summed E-state index contributed by atoms with van der Waals surface area (Å²) in [6.45, 7) is 4.79. The van der Waals surface area contributed by atoms with Gasteiger partial charge in [-0.3, -0.25) is 4.79 Å². The number of nitrogens with one attached hydrogen (secondary N) is 1. The Morgan fingerprint density at radius 1 is 1.36 bits per heavy atom. The van der Waals surface area contributed by atoms with Crippen LogP contribution in [0.2, 0.25) is 5.02 Å². The fraction of sp³-hybridized carbons (Fsp3) is 0.350. The summed E-state index contributed by atoms with van der Waals surface area (Å²) < 4.78 is 5.31. The van der Waals surface area contributed by atoms with Crippen LogP contribution in [0.15, 0.2) is 36.4 Å². The van der Waals surface area contributed by atoms with Gasteiger partial charge in [0.1, 0.15) is 5.75 Å². The fourth-order valence-electron chi connectivity index (χ4n) is 3.33. The molecular weight excluding hydrogens is 336 g/mol. The SMILES string of the molecule is COc1cc(Cl)c(C)cc1NC(=O)CCN1c2ccccc2CC1C. The highest BCUT2D eigenvalue weighted by Gasteiger charge is 2.25. The van der Waals surface area contributed by atoms with Gasteiger partial charge in [-0.1, -0.05) is 29.8 Å². The third-order valence-electron chi connectivity index (χ3n) is 4.68. The molecule has 0 bridgehead atoms. The number of methoxy groups -OCH3 is 1. The number of nitrogens with zero attached hydrogens (tertiary/aromatic N) is 1. The average molecular weight is 359 g/mol. The summed E-state index contributed by atoms with van der Waals surface area (Å²) in [5.41, 5.74) is 4.15. The van der Waals surface area contributed by atoms with Gasteiger partial charge in [-0.2, -0.15) is 0 Å². The van der Waals surface area contributed by atoms with Crippen LogP contribution < -0.4 is 15.0 Å². The number of amides is 1. The van der Waals surface area contributed by atoms with Gasteiger partial charge in [-0.25, -0.2) is 0 Å². The molecular formula is C20H23ClN2O2. The number of ether oxygens (including phenoxy) is 1. The average Bonchev–Trinajstić information content (AvgIpc) is 2.91. The van der Waals surface area contributed by atoms with Crippen LogP contribution in [0.25, 0.3) is 0 Å². The molecule has 1 atom stereocenters. The quantitative estimate of drug-likeness (QED) is 0.859. The number of carbonyl (C=O) groups excluding carboxylic acids is 1. The summed E-state index contributed by atoms with van der Waals surface area (Å²) in [5.74, 6) is 0.542. The first-order valence-corrected chi connectivity index (χ1v) is 8.86. The van der Waals surface area contributed by atoms with Crippen LogP contribution in [0.4, 0.5) is 11.4 Å². The van der Waals surface area contributed by atoms with Crippen molar-refractivity contribution in [2.45, 2.75) is 32.7 Å². The molecule has 0 spiro atoms. The van der Waals surface area contributed by atoms with Gasteiger partial charge in [0, 0.05) is 35.8 Å². The summed E-state index contributed by atoms with van der Waals surface area (Å²) in [7, 11) is 1.57. The van der Waals surface area contributed by atoms with Gasteiger partial charge in [0.05, 0.1) is 12.8 Å². The van der Waals surface area contributed by atoms with Crippen molar-refractivity contribution in [2.24, 2.45) is 0 Å². The molecule has 0 saturated heterocycles. The number of fused-ring (bicyclic) bond motifs is 1. The van der Waals surface area contributed by atoms with Crippen molar-refractivity contribution in [3.63, 3.8) is 0 Å². The van der Waals surface area contributed by atoms with Crippen molar-refractivity contribution >= 4 is 28.9 Å². The van der Waals surface area contributed by atoms with Crippen molar-refractivity contribution in [2.75, 3.05) is 23.9 Å². The molecule has 1 aliphatic heterocycles. The van der Waals surface area contributed by atoms with Crippen LogP contribution in [-0.2, 0) is 11.2 Å². The predicted molar refractivity (Wildman–Crippen MR) is 103 cm³/mol. The topological polar surface area (TPSA) is 41.6 Å². The molecule has 1 aliphatic rings. The van der Waals surface area contributed by atoms with Gasteiger partial charge in [-0.15, -0.1) is 0 Å². The number of aryl methyl sites for hydroxylation is 1. The zero-order valence-corrected chi connectivity index (χ0v) is 15.6. The Morgan fingerprint density at radius 2 is 2.12 bits per heavy atom. The maximum atomic E-state index is 12.4. The Balaban J connectivity index is 1.65. The second kappa shape index (κ2) is 7.36. The van der Waals surface area contributed by atoms with Gasteiger partial charge < -0.3 is 15.0 Å². The normalized spacial score (nSPS) is 15.8. The molecule has 1 unspecified atom stereocenters. The van der Waals surface area contributed by atoms with E-state index in [-0.39, 0.29) is 5.91 Å². The maximum absolute atomic E-state index is 12.4. The van der Waals surface area contributed by atoms with Crippen LogP contribution in [0.5, 0.6) is 5.75 Å². The first kappa shape index (κ1) is 17.6. The van der Waals surface area contributed by atoms with E-state index in [1.807, 2.05) is 19.1 Å². The largest absolute Gasteiger partial charge is 0.495 e. The summed E-state index contributed by atoms with van der Waals surface area (Å²) in [6.07, 6.45) is 1.45. The van der Waals surface area contributed by atoms with Gasteiger partial charge in [0.15, 0.2) is 0 Å². The lowest BCUT2D eigenvalue weighted by molar-refractivity contribution is -0.116. The van der Waals surface area contributed by atoms with Crippen molar-refractivity contribution in [3.8, 4) is 5.75 Å². The molecule has 5 heteroatoms. The zero-order chi connectivity index (χ0) is 18.0. The van der Waals surface area contributed by atoms with Gasteiger partial charge in [0.25, 0.3) is 0 Å². The maximum Gasteiger partial charge on any atom is 0.226 e. The van der Waals surface area contributed by atoms with Crippen molar-refractivity contribution in [3.05, 3.63) is 52.5 Å². The van der Waals surface area contributed by atoms with Gasteiger partial charge in [0.2, 0.25) is 5.91 Å². The number of halogens is 1. The monoisotopic (exact) mass is 358 g/mol.